The molecule has 1 aromatic carbocycles. The predicted molar refractivity (Wildman–Crippen MR) is 65.1 cm³/mol. The number of benzene rings is 1. The highest BCUT2D eigenvalue weighted by Crippen LogP contribution is 2.39. The van der Waals surface area contributed by atoms with Crippen molar-refractivity contribution in [3.05, 3.63) is 41.0 Å². The van der Waals surface area contributed by atoms with Crippen molar-refractivity contribution in [3.63, 3.8) is 0 Å². The van der Waals surface area contributed by atoms with Gasteiger partial charge >= 0.3 is 6.18 Å². The first-order valence-electron chi connectivity index (χ1n) is 5.68. The molecule has 4 nitrogen and oxygen atoms in total. The van der Waals surface area contributed by atoms with Gasteiger partial charge in [-0.3, -0.25) is 4.79 Å². The zero-order valence-electron chi connectivity index (χ0n) is 10.2. The summed E-state index contributed by atoms with van der Waals surface area (Å²) in [6.45, 7) is 1.73. The minimum atomic E-state index is -4.68. The van der Waals surface area contributed by atoms with Gasteiger partial charge in [0.2, 0.25) is 11.6 Å². The average molecular weight is 279 g/mol. The van der Waals surface area contributed by atoms with Crippen molar-refractivity contribution in [1.82, 2.24) is 9.97 Å². The summed E-state index contributed by atoms with van der Waals surface area (Å²) in [6, 6.07) is 3.10. The summed E-state index contributed by atoms with van der Waals surface area (Å²) in [7, 11) is 0. The molecule has 0 fully saturated rings. The molecule has 0 bridgehead atoms. The molecule has 0 spiro atoms. The Bertz CT molecular complexity index is 753. The Morgan fingerprint density at radius 3 is 2.55 bits per heavy atom. The lowest BCUT2D eigenvalue weighted by Crippen LogP contribution is -2.13. The van der Waals surface area contributed by atoms with Gasteiger partial charge in [0, 0.05) is 23.0 Å². The number of alkyl halides is 3. The summed E-state index contributed by atoms with van der Waals surface area (Å²) in [5.74, 6) is -1.87. The smallest absolute Gasteiger partial charge is 0.399 e. The van der Waals surface area contributed by atoms with E-state index < -0.39 is 17.8 Å². The first kappa shape index (κ1) is 12.6. The summed E-state index contributed by atoms with van der Waals surface area (Å²) < 4.78 is 37.8. The van der Waals surface area contributed by atoms with Gasteiger partial charge in [-0.05, 0) is 30.2 Å². The maximum absolute atomic E-state index is 12.6. The standard InChI is InChI=1S/C13H8F3N3O/c1-5-2-6(17)3-7-9(5)8-4-18-12(13(14,15)16)19-10(8)11(7)20/h2-4H,17H2,1H3. The third-order valence-corrected chi connectivity index (χ3v) is 3.13. The number of carbonyl (C=O) groups excluding carboxylic acids is 1. The SMILES string of the molecule is Cc1cc(N)cc2c1-c1cnc(C(F)(F)F)nc1C2=O. The lowest BCUT2D eigenvalue weighted by Gasteiger charge is -2.07. The number of nitrogens with two attached hydrogens (primary N) is 1. The maximum Gasteiger partial charge on any atom is 0.451 e. The molecule has 0 radical (unpaired) electrons. The fourth-order valence-electron chi connectivity index (χ4n) is 2.35. The van der Waals surface area contributed by atoms with Crippen LogP contribution in [-0.2, 0) is 6.18 Å². The van der Waals surface area contributed by atoms with E-state index in [1.807, 2.05) is 0 Å². The molecule has 1 aromatic heterocycles. The number of halogens is 3. The highest BCUT2D eigenvalue weighted by molar-refractivity contribution is 6.21. The van der Waals surface area contributed by atoms with Crippen molar-refractivity contribution in [3.8, 4) is 11.1 Å². The Balaban J connectivity index is 2.27. The van der Waals surface area contributed by atoms with Gasteiger partial charge in [-0.15, -0.1) is 0 Å². The molecular weight excluding hydrogens is 271 g/mol. The van der Waals surface area contributed by atoms with E-state index in [0.29, 0.717) is 22.4 Å². The van der Waals surface area contributed by atoms with Crippen LogP contribution in [0.4, 0.5) is 18.9 Å². The van der Waals surface area contributed by atoms with E-state index in [0.717, 1.165) is 6.20 Å². The second-order valence-electron chi connectivity index (χ2n) is 4.54. The molecule has 1 heterocycles. The zero-order valence-corrected chi connectivity index (χ0v) is 10.2. The van der Waals surface area contributed by atoms with Crippen molar-refractivity contribution in [1.29, 1.82) is 0 Å². The van der Waals surface area contributed by atoms with Gasteiger partial charge in [0.15, 0.2) is 0 Å². The van der Waals surface area contributed by atoms with Crippen LogP contribution in [0.1, 0.15) is 27.4 Å². The fraction of sp³-hybridized carbons (Fsp3) is 0.154. The average Bonchev–Trinajstić information content (AvgIpc) is 2.62. The van der Waals surface area contributed by atoms with E-state index in [4.69, 9.17) is 5.73 Å². The monoisotopic (exact) mass is 279 g/mol. The maximum atomic E-state index is 12.6. The molecule has 7 heteroatoms. The van der Waals surface area contributed by atoms with Crippen LogP contribution in [0.25, 0.3) is 11.1 Å². The van der Waals surface area contributed by atoms with Crippen molar-refractivity contribution < 1.29 is 18.0 Å². The summed E-state index contributed by atoms with van der Waals surface area (Å²) in [5, 5.41) is 0. The molecular formula is C13H8F3N3O. The largest absolute Gasteiger partial charge is 0.451 e. The van der Waals surface area contributed by atoms with Gasteiger partial charge in [0.1, 0.15) is 5.69 Å². The van der Waals surface area contributed by atoms with Crippen LogP contribution < -0.4 is 5.73 Å². The summed E-state index contributed by atoms with van der Waals surface area (Å²) in [5.41, 5.74) is 7.65. The third-order valence-electron chi connectivity index (χ3n) is 3.13. The van der Waals surface area contributed by atoms with Gasteiger partial charge in [-0.1, -0.05) is 0 Å². The number of rotatable bonds is 0. The number of carbonyl (C=O) groups is 1. The number of ketones is 1. The molecule has 2 aromatic rings. The van der Waals surface area contributed by atoms with Crippen LogP contribution in [-0.4, -0.2) is 15.8 Å². The normalized spacial score (nSPS) is 13.3. The Morgan fingerprint density at radius 2 is 1.90 bits per heavy atom. The number of nitrogens with zero attached hydrogens (tertiary/aromatic N) is 2. The topological polar surface area (TPSA) is 68.9 Å². The molecule has 3 rings (SSSR count). The van der Waals surface area contributed by atoms with E-state index in [1.165, 1.54) is 6.07 Å². The summed E-state index contributed by atoms with van der Waals surface area (Å²) in [4.78, 5) is 18.8. The minimum Gasteiger partial charge on any atom is -0.399 e. The molecule has 0 amide bonds. The summed E-state index contributed by atoms with van der Waals surface area (Å²) >= 11 is 0. The van der Waals surface area contributed by atoms with E-state index in [2.05, 4.69) is 9.97 Å². The van der Waals surface area contributed by atoms with Gasteiger partial charge in [0.25, 0.3) is 0 Å². The Labute approximate surface area is 111 Å². The molecule has 1 aliphatic rings. The summed E-state index contributed by atoms with van der Waals surface area (Å²) in [6.07, 6.45) is -3.64. The molecule has 1 aliphatic carbocycles. The Kier molecular flexibility index (Phi) is 2.38. The van der Waals surface area contributed by atoms with E-state index >= 15 is 0 Å². The van der Waals surface area contributed by atoms with Gasteiger partial charge in [-0.2, -0.15) is 13.2 Å². The first-order valence-corrected chi connectivity index (χ1v) is 5.68. The van der Waals surface area contributed by atoms with Crippen LogP contribution in [0.5, 0.6) is 0 Å². The number of hydrogen-bond acceptors (Lipinski definition) is 4. The lowest BCUT2D eigenvalue weighted by molar-refractivity contribution is -0.145. The number of aromatic nitrogens is 2. The predicted octanol–water partition coefficient (Wildman–Crippen LogP) is 2.60. The van der Waals surface area contributed by atoms with Crippen LogP contribution >= 0.6 is 0 Å². The molecule has 0 saturated carbocycles. The van der Waals surface area contributed by atoms with E-state index in [-0.39, 0.29) is 11.3 Å². The van der Waals surface area contributed by atoms with Crippen LogP contribution in [0.2, 0.25) is 0 Å². The fourth-order valence-corrected chi connectivity index (χ4v) is 2.35. The van der Waals surface area contributed by atoms with Crippen molar-refractivity contribution in [2.75, 3.05) is 5.73 Å². The number of fused-ring (bicyclic) bond motifs is 3. The molecule has 0 aliphatic heterocycles. The Morgan fingerprint density at radius 1 is 1.20 bits per heavy atom. The zero-order chi connectivity index (χ0) is 14.7. The molecule has 0 atom stereocenters. The highest BCUT2D eigenvalue weighted by Gasteiger charge is 2.38. The third kappa shape index (κ3) is 1.66. The van der Waals surface area contributed by atoms with Gasteiger partial charge in [0.05, 0.1) is 0 Å². The van der Waals surface area contributed by atoms with E-state index in [1.54, 1.807) is 13.0 Å². The number of anilines is 1. The second kappa shape index (κ2) is 3.78. The first-order chi connectivity index (χ1) is 9.29. The molecule has 0 unspecified atom stereocenters. The highest BCUT2D eigenvalue weighted by atomic mass is 19.4. The molecule has 0 saturated heterocycles. The number of hydrogen-bond donors (Lipinski definition) is 1. The van der Waals surface area contributed by atoms with Crippen LogP contribution in [0, 0.1) is 6.92 Å². The number of aryl methyl sites for hydroxylation is 1. The number of nitrogen functional groups attached to an aromatic ring is 1. The van der Waals surface area contributed by atoms with Crippen LogP contribution in [0.3, 0.4) is 0 Å². The van der Waals surface area contributed by atoms with E-state index in [9.17, 15) is 18.0 Å². The quantitative estimate of drug-likeness (QED) is 0.642. The van der Waals surface area contributed by atoms with Crippen LogP contribution in [0.15, 0.2) is 18.3 Å². The lowest BCUT2D eigenvalue weighted by atomic mass is 10.0. The van der Waals surface area contributed by atoms with Crippen molar-refractivity contribution >= 4 is 11.5 Å². The second-order valence-corrected chi connectivity index (χ2v) is 4.54. The van der Waals surface area contributed by atoms with Gasteiger partial charge in [-0.25, -0.2) is 9.97 Å². The Hall–Kier alpha value is -2.44. The molecule has 2 N–H and O–H groups in total. The minimum absolute atomic E-state index is 0.226. The van der Waals surface area contributed by atoms with Crippen molar-refractivity contribution in [2.24, 2.45) is 0 Å². The molecule has 102 valence electrons. The van der Waals surface area contributed by atoms with Crippen molar-refractivity contribution in [2.45, 2.75) is 13.1 Å². The van der Waals surface area contributed by atoms with Gasteiger partial charge < -0.3 is 5.73 Å². The molecule has 20 heavy (non-hydrogen) atoms.